The van der Waals surface area contributed by atoms with Crippen LogP contribution in [0.2, 0.25) is 0 Å². The molecule has 9 heteroatoms. The largest absolute Gasteiger partial charge is 0.360 e. The van der Waals surface area contributed by atoms with Crippen LogP contribution in [0.5, 0.6) is 0 Å². The van der Waals surface area contributed by atoms with Gasteiger partial charge in [0.1, 0.15) is 11.6 Å². The number of nitrogens with one attached hydrogen (secondary N) is 1. The monoisotopic (exact) mass is 349 g/mol. The SMILES string of the molecule is Cc1cc(NC(=O)CSc2nnc(Cc3cccs3)n2C)no1. The molecule has 0 aliphatic rings. The second-order valence-electron chi connectivity index (χ2n) is 4.87. The Morgan fingerprint density at radius 1 is 1.48 bits per heavy atom. The Bertz CT molecular complexity index is 794. The number of thioether (sulfide) groups is 1. The summed E-state index contributed by atoms with van der Waals surface area (Å²) in [6, 6.07) is 5.76. The van der Waals surface area contributed by atoms with E-state index in [9.17, 15) is 4.79 Å². The number of rotatable bonds is 6. The molecule has 3 aromatic heterocycles. The standard InChI is InChI=1S/C14H15N5O2S2/c1-9-6-11(18-21-9)15-13(20)8-23-14-17-16-12(19(14)2)7-10-4-3-5-22-10/h3-6H,7-8H2,1-2H3,(H,15,18,20). The first kappa shape index (κ1) is 15.8. The molecule has 0 radical (unpaired) electrons. The van der Waals surface area contributed by atoms with Crippen molar-refractivity contribution in [1.82, 2.24) is 19.9 Å². The molecule has 1 N–H and O–H groups in total. The van der Waals surface area contributed by atoms with Crippen LogP contribution in [0.3, 0.4) is 0 Å². The topological polar surface area (TPSA) is 85.8 Å². The third-order valence-electron chi connectivity index (χ3n) is 3.07. The van der Waals surface area contributed by atoms with Crippen LogP contribution in [0, 0.1) is 6.92 Å². The van der Waals surface area contributed by atoms with Crippen LogP contribution in [-0.4, -0.2) is 31.6 Å². The highest BCUT2D eigenvalue weighted by Crippen LogP contribution is 2.19. The maximum Gasteiger partial charge on any atom is 0.236 e. The van der Waals surface area contributed by atoms with Crippen LogP contribution in [0.25, 0.3) is 0 Å². The van der Waals surface area contributed by atoms with E-state index in [0.29, 0.717) is 16.7 Å². The highest BCUT2D eigenvalue weighted by atomic mass is 32.2. The van der Waals surface area contributed by atoms with Gasteiger partial charge in [0.15, 0.2) is 11.0 Å². The van der Waals surface area contributed by atoms with Gasteiger partial charge in [0.05, 0.1) is 5.75 Å². The van der Waals surface area contributed by atoms with Crippen molar-refractivity contribution in [1.29, 1.82) is 0 Å². The molecule has 0 aliphatic heterocycles. The third-order valence-corrected chi connectivity index (χ3v) is 4.96. The van der Waals surface area contributed by atoms with Crippen molar-refractivity contribution >= 4 is 34.8 Å². The first-order chi connectivity index (χ1) is 11.1. The number of thiophene rings is 1. The minimum Gasteiger partial charge on any atom is -0.360 e. The van der Waals surface area contributed by atoms with E-state index >= 15 is 0 Å². The van der Waals surface area contributed by atoms with Gasteiger partial charge >= 0.3 is 0 Å². The Morgan fingerprint density at radius 3 is 3.04 bits per heavy atom. The number of aryl methyl sites for hydroxylation is 1. The summed E-state index contributed by atoms with van der Waals surface area (Å²) in [6.07, 6.45) is 0.742. The van der Waals surface area contributed by atoms with Crippen LogP contribution in [0.4, 0.5) is 5.82 Å². The predicted octanol–water partition coefficient (Wildman–Crippen LogP) is 2.49. The van der Waals surface area contributed by atoms with Crippen LogP contribution >= 0.6 is 23.1 Å². The maximum absolute atomic E-state index is 11.9. The number of amides is 1. The van der Waals surface area contributed by atoms with Gasteiger partial charge in [-0.3, -0.25) is 4.79 Å². The highest BCUT2D eigenvalue weighted by Gasteiger charge is 2.13. The summed E-state index contributed by atoms with van der Waals surface area (Å²) in [7, 11) is 1.91. The molecule has 0 aliphatic carbocycles. The smallest absolute Gasteiger partial charge is 0.236 e. The van der Waals surface area contributed by atoms with Crippen molar-refractivity contribution in [2.75, 3.05) is 11.1 Å². The lowest BCUT2D eigenvalue weighted by Gasteiger charge is -2.03. The molecule has 0 saturated heterocycles. The second-order valence-corrected chi connectivity index (χ2v) is 6.85. The Hall–Kier alpha value is -2.13. The van der Waals surface area contributed by atoms with Crippen LogP contribution in [-0.2, 0) is 18.3 Å². The fourth-order valence-corrected chi connectivity index (χ4v) is 3.36. The van der Waals surface area contributed by atoms with Gasteiger partial charge in [-0.1, -0.05) is 23.0 Å². The molecule has 0 saturated carbocycles. The average Bonchev–Trinajstić information content (AvgIpc) is 3.23. The van der Waals surface area contributed by atoms with Crippen molar-refractivity contribution in [3.63, 3.8) is 0 Å². The molecular formula is C14H15N5O2S2. The first-order valence-electron chi connectivity index (χ1n) is 6.88. The lowest BCUT2D eigenvalue weighted by molar-refractivity contribution is -0.113. The van der Waals surface area contributed by atoms with E-state index in [0.717, 1.165) is 12.2 Å². The quantitative estimate of drug-likeness (QED) is 0.688. The van der Waals surface area contributed by atoms with Crippen molar-refractivity contribution in [2.45, 2.75) is 18.5 Å². The van der Waals surface area contributed by atoms with Crippen molar-refractivity contribution in [3.05, 3.63) is 40.0 Å². The molecule has 3 aromatic rings. The van der Waals surface area contributed by atoms with E-state index in [1.807, 2.05) is 23.1 Å². The van der Waals surface area contributed by atoms with E-state index in [2.05, 4.69) is 26.7 Å². The van der Waals surface area contributed by atoms with Crippen molar-refractivity contribution in [3.8, 4) is 0 Å². The second kappa shape index (κ2) is 6.97. The molecule has 23 heavy (non-hydrogen) atoms. The van der Waals surface area contributed by atoms with Gasteiger partial charge < -0.3 is 14.4 Å². The summed E-state index contributed by atoms with van der Waals surface area (Å²) in [5.41, 5.74) is 0. The maximum atomic E-state index is 11.9. The normalized spacial score (nSPS) is 10.9. The lowest BCUT2D eigenvalue weighted by Crippen LogP contribution is -2.14. The summed E-state index contributed by atoms with van der Waals surface area (Å²) in [5.74, 6) is 2.02. The van der Waals surface area contributed by atoms with E-state index in [1.54, 1.807) is 24.3 Å². The van der Waals surface area contributed by atoms with Gasteiger partial charge in [-0.25, -0.2) is 0 Å². The summed E-state index contributed by atoms with van der Waals surface area (Å²) >= 11 is 3.03. The van der Waals surface area contributed by atoms with E-state index < -0.39 is 0 Å². The number of carbonyl (C=O) groups is 1. The van der Waals surface area contributed by atoms with Crippen molar-refractivity contribution in [2.24, 2.45) is 7.05 Å². The van der Waals surface area contributed by atoms with Gasteiger partial charge in [-0.2, -0.15) is 0 Å². The molecular weight excluding hydrogens is 334 g/mol. The number of nitrogens with zero attached hydrogens (tertiary/aromatic N) is 4. The van der Waals surface area contributed by atoms with Crippen LogP contribution in [0.1, 0.15) is 16.5 Å². The predicted molar refractivity (Wildman–Crippen MR) is 88.7 cm³/mol. The highest BCUT2D eigenvalue weighted by molar-refractivity contribution is 7.99. The molecule has 0 bridgehead atoms. The Balaban J connectivity index is 1.56. The molecule has 1 amide bonds. The Labute approximate surface area is 141 Å². The zero-order chi connectivity index (χ0) is 16.2. The molecule has 0 unspecified atom stereocenters. The Morgan fingerprint density at radius 2 is 2.35 bits per heavy atom. The molecule has 7 nitrogen and oxygen atoms in total. The van der Waals surface area contributed by atoms with Gasteiger partial charge in [0.2, 0.25) is 5.91 Å². The summed E-state index contributed by atoms with van der Waals surface area (Å²) < 4.78 is 6.82. The molecule has 0 aromatic carbocycles. The fourth-order valence-electron chi connectivity index (χ4n) is 1.93. The first-order valence-corrected chi connectivity index (χ1v) is 8.75. The number of anilines is 1. The van der Waals surface area contributed by atoms with Crippen LogP contribution in [0.15, 0.2) is 33.3 Å². The molecule has 0 spiro atoms. The van der Waals surface area contributed by atoms with E-state index in [-0.39, 0.29) is 11.7 Å². The lowest BCUT2D eigenvalue weighted by atomic mass is 10.3. The molecule has 0 fully saturated rings. The minimum absolute atomic E-state index is 0.161. The average molecular weight is 349 g/mol. The van der Waals surface area contributed by atoms with Crippen molar-refractivity contribution < 1.29 is 9.32 Å². The minimum atomic E-state index is -0.161. The summed E-state index contributed by atoms with van der Waals surface area (Å²) in [6.45, 7) is 1.77. The zero-order valence-corrected chi connectivity index (χ0v) is 14.3. The third kappa shape index (κ3) is 3.99. The van der Waals surface area contributed by atoms with E-state index in [4.69, 9.17) is 4.52 Å². The summed E-state index contributed by atoms with van der Waals surface area (Å²) in [5, 5.41) is 17.5. The van der Waals surface area contributed by atoms with Crippen LogP contribution < -0.4 is 5.32 Å². The fraction of sp³-hybridized carbons (Fsp3) is 0.286. The molecule has 120 valence electrons. The van der Waals surface area contributed by atoms with Gasteiger partial charge in [-0.05, 0) is 18.4 Å². The summed E-state index contributed by atoms with van der Waals surface area (Å²) in [4.78, 5) is 13.1. The molecule has 0 atom stereocenters. The number of carbonyl (C=O) groups excluding carboxylic acids is 1. The zero-order valence-electron chi connectivity index (χ0n) is 12.6. The number of hydrogen-bond acceptors (Lipinski definition) is 7. The van der Waals surface area contributed by atoms with Gasteiger partial charge in [-0.15, -0.1) is 21.5 Å². The Kier molecular flexibility index (Phi) is 4.77. The molecule has 3 rings (SSSR count). The van der Waals surface area contributed by atoms with Gasteiger partial charge in [0, 0.05) is 24.4 Å². The number of hydrogen-bond donors (Lipinski definition) is 1. The van der Waals surface area contributed by atoms with Gasteiger partial charge in [0.25, 0.3) is 0 Å². The number of aromatic nitrogens is 4. The molecule has 3 heterocycles. The van der Waals surface area contributed by atoms with E-state index in [1.165, 1.54) is 16.6 Å².